The van der Waals surface area contributed by atoms with Gasteiger partial charge in [0.1, 0.15) is 6.04 Å². The van der Waals surface area contributed by atoms with Gasteiger partial charge < -0.3 is 4.74 Å². The lowest BCUT2D eigenvalue weighted by Crippen LogP contribution is -2.54. The SMILES string of the molecule is COC(=O)[C@@H]1C[C@@H]1c1cn(-c2ccc3c(c2)C(=O)N(C2CCC(=O)NC2=O)C3=O)nn1. The second kappa shape index (κ2) is 6.83. The first-order chi connectivity index (χ1) is 14.9. The van der Waals surface area contributed by atoms with Gasteiger partial charge in [0.25, 0.3) is 11.8 Å². The van der Waals surface area contributed by atoms with Crippen molar-refractivity contribution >= 4 is 29.6 Å². The first kappa shape index (κ1) is 19.1. The van der Waals surface area contributed by atoms with Crippen LogP contribution in [0.2, 0.25) is 0 Å². The van der Waals surface area contributed by atoms with E-state index in [2.05, 4.69) is 15.6 Å². The van der Waals surface area contributed by atoms with E-state index < -0.39 is 29.7 Å². The molecule has 1 N–H and O–H groups in total. The van der Waals surface area contributed by atoms with Gasteiger partial charge in [0, 0.05) is 12.3 Å². The van der Waals surface area contributed by atoms with Gasteiger partial charge in [-0.3, -0.25) is 34.2 Å². The zero-order valence-corrected chi connectivity index (χ0v) is 16.4. The van der Waals surface area contributed by atoms with Crippen LogP contribution >= 0.6 is 0 Å². The summed E-state index contributed by atoms with van der Waals surface area (Å²) in [5.41, 5.74) is 1.50. The number of piperidine rings is 1. The van der Waals surface area contributed by atoms with Crippen LogP contribution in [0.15, 0.2) is 24.4 Å². The van der Waals surface area contributed by atoms with Gasteiger partial charge in [0.2, 0.25) is 11.8 Å². The predicted molar refractivity (Wildman–Crippen MR) is 101 cm³/mol. The number of nitrogens with one attached hydrogen (secondary N) is 1. The topological polar surface area (TPSA) is 141 Å². The molecule has 5 rings (SSSR count). The van der Waals surface area contributed by atoms with Gasteiger partial charge in [-0.1, -0.05) is 5.21 Å². The minimum atomic E-state index is -1.02. The summed E-state index contributed by atoms with van der Waals surface area (Å²) in [5, 5.41) is 10.3. The van der Waals surface area contributed by atoms with Crippen molar-refractivity contribution in [2.45, 2.75) is 31.2 Å². The van der Waals surface area contributed by atoms with Crippen LogP contribution in [0, 0.1) is 5.92 Å². The van der Waals surface area contributed by atoms with Crippen molar-refractivity contribution in [1.29, 1.82) is 0 Å². The third kappa shape index (κ3) is 3.00. The molecule has 1 aromatic carbocycles. The van der Waals surface area contributed by atoms with E-state index in [0.29, 0.717) is 17.8 Å². The fraction of sp³-hybridized carbons (Fsp3) is 0.350. The number of fused-ring (bicyclic) bond motifs is 1. The summed E-state index contributed by atoms with van der Waals surface area (Å²) in [5.74, 6) is -2.80. The average molecular weight is 423 g/mol. The molecular weight excluding hydrogens is 406 g/mol. The van der Waals surface area contributed by atoms with E-state index in [-0.39, 0.29) is 41.8 Å². The maximum absolute atomic E-state index is 12.9. The molecule has 3 atom stereocenters. The average Bonchev–Trinajstić information content (AvgIpc) is 3.34. The lowest BCUT2D eigenvalue weighted by Gasteiger charge is -2.27. The Morgan fingerprint density at radius 1 is 1.16 bits per heavy atom. The highest BCUT2D eigenvalue weighted by atomic mass is 16.5. The van der Waals surface area contributed by atoms with Gasteiger partial charge in [0.15, 0.2) is 0 Å². The van der Waals surface area contributed by atoms with Gasteiger partial charge in [-0.25, -0.2) is 4.68 Å². The molecule has 11 nitrogen and oxygen atoms in total. The largest absolute Gasteiger partial charge is 0.469 e. The molecule has 1 aromatic heterocycles. The molecular formula is C20H17N5O6. The van der Waals surface area contributed by atoms with Gasteiger partial charge in [-0.2, -0.15) is 0 Å². The first-order valence-electron chi connectivity index (χ1n) is 9.75. The quantitative estimate of drug-likeness (QED) is 0.533. The molecule has 1 saturated carbocycles. The van der Waals surface area contributed by atoms with E-state index in [4.69, 9.17) is 4.74 Å². The lowest BCUT2D eigenvalue weighted by atomic mass is 10.0. The molecule has 31 heavy (non-hydrogen) atoms. The monoisotopic (exact) mass is 423 g/mol. The fourth-order valence-corrected chi connectivity index (χ4v) is 4.11. The summed E-state index contributed by atoms with van der Waals surface area (Å²) in [6, 6.07) is 3.63. The normalized spacial score (nSPS) is 24.8. The van der Waals surface area contributed by atoms with Crippen LogP contribution < -0.4 is 5.32 Å². The Kier molecular flexibility index (Phi) is 4.20. The molecule has 3 aliphatic rings. The van der Waals surface area contributed by atoms with Crippen molar-refractivity contribution in [3.63, 3.8) is 0 Å². The van der Waals surface area contributed by atoms with Gasteiger partial charge in [-0.05, 0) is 31.0 Å². The van der Waals surface area contributed by atoms with Crippen LogP contribution in [0.5, 0.6) is 0 Å². The molecule has 0 radical (unpaired) electrons. The highest BCUT2D eigenvalue weighted by Gasteiger charge is 2.47. The van der Waals surface area contributed by atoms with Gasteiger partial charge >= 0.3 is 5.97 Å². The molecule has 1 aliphatic carbocycles. The number of ether oxygens (including phenoxy) is 1. The first-order valence-corrected chi connectivity index (χ1v) is 9.75. The minimum absolute atomic E-state index is 0.0538. The molecule has 2 aliphatic heterocycles. The van der Waals surface area contributed by atoms with Crippen molar-refractivity contribution < 1.29 is 28.7 Å². The molecule has 3 heterocycles. The number of amides is 4. The van der Waals surface area contributed by atoms with Crippen LogP contribution in [-0.2, 0) is 19.1 Å². The summed E-state index contributed by atoms with van der Waals surface area (Å²) < 4.78 is 6.21. The molecule has 158 valence electrons. The number of carbonyl (C=O) groups is 5. The number of methoxy groups -OCH3 is 1. The third-order valence-electron chi connectivity index (χ3n) is 5.87. The highest BCUT2D eigenvalue weighted by molar-refractivity contribution is 6.23. The minimum Gasteiger partial charge on any atom is -0.469 e. The molecule has 1 saturated heterocycles. The smallest absolute Gasteiger partial charge is 0.309 e. The number of rotatable bonds is 4. The Bertz CT molecular complexity index is 1170. The molecule has 1 unspecified atom stereocenters. The van der Waals surface area contributed by atoms with E-state index in [1.807, 2.05) is 0 Å². The van der Waals surface area contributed by atoms with Crippen LogP contribution in [0.4, 0.5) is 0 Å². The predicted octanol–water partition coefficient (Wildman–Crippen LogP) is -0.0550. The third-order valence-corrected chi connectivity index (χ3v) is 5.87. The second-order valence-corrected chi connectivity index (χ2v) is 7.74. The number of esters is 1. The fourth-order valence-electron chi connectivity index (χ4n) is 4.11. The Balaban J connectivity index is 1.40. The summed E-state index contributed by atoms with van der Waals surface area (Å²) in [6.07, 6.45) is 2.47. The van der Waals surface area contributed by atoms with Crippen molar-refractivity contribution in [3.8, 4) is 5.69 Å². The maximum atomic E-state index is 12.9. The van der Waals surface area contributed by atoms with E-state index in [1.54, 1.807) is 12.3 Å². The summed E-state index contributed by atoms with van der Waals surface area (Å²) >= 11 is 0. The van der Waals surface area contributed by atoms with Crippen LogP contribution in [0.25, 0.3) is 5.69 Å². The summed E-state index contributed by atoms with van der Waals surface area (Å²) in [7, 11) is 1.34. The van der Waals surface area contributed by atoms with Gasteiger partial charge in [0.05, 0.1) is 41.7 Å². The van der Waals surface area contributed by atoms with Crippen LogP contribution in [-0.4, -0.2) is 62.6 Å². The Morgan fingerprint density at radius 3 is 2.68 bits per heavy atom. The number of carbonyl (C=O) groups excluding carboxylic acids is 5. The summed E-state index contributed by atoms with van der Waals surface area (Å²) in [4.78, 5) is 61.8. The van der Waals surface area contributed by atoms with E-state index in [9.17, 15) is 24.0 Å². The van der Waals surface area contributed by atoms with E-state index in [1.165, 1.54) is 23.9 Å². The molecule has 4 amide bonds. The molecule has 0 spiro atoms. The number of aromatic nitrogens is 3. The zero-order valence-electron chi connectivity index (χ0n) is 16.4. The van der Waals surface area contributed by atoms with Crippen molar-refractivity contribution in [3.05, 3.63) is 41.2 Å². The van der Waals surface area contributed by atoms with Crippen molar-refractivity contribution in [2.24, 2.45) is 5.92 Å². The van der Waals surface area contributed by atoms with Crippen LogP contribution in [0.1, 0.15) is 51.6 Å². The van der Waals surface area contributed by atoms with E-state index in [0.717, 1.165) is 4.90 Å². The molecule has 2 aromatic rings. The molecule has 11 heteroatoms. The van der Waals surface area contributed by atoms with Gasteiger partial charge in [-0.15, -0.1) is 5.10 Å². The number of benzene rings is 1. The van der Waals surface area contributed by atoms with E-state index >= 15 is 0 Å². The zero-order chi connectivity index (χ0) is 21.9. The number of hydrogen-bond acceptors (Lipinski definition) is 8. The Labute approximate surface area is 175 Å². The summed E-state index contributed by atoms with van der Waals surface area (Å²) in [6.45, 7) is 0. The molecule has 2 fully saturated rings. The molecule has 0 bridgehead atoms. The second-order valence-electron chi connectivity index (χ2n) is 7.74. The highest BCUT2D eigenvalue weighted by Crippen LogP contribution is 2.47. The number of hydrogen-bond donors (Lipinski definition) is 1. The number of imide groups is 2. The lowest BCUT2D eigenvalue weighted by molar-refractivity contribution is -0.142. The Morgan fingerprint density at radius 2 is 1.94 bits per heavy atom. The van der Waals surface area contributed by atoms with Crippen molar-refractivity contribution in [1.82, 2.24) is 25.2 Å². The standard InChI is InChI=1S/C20H17N5O6/c1-31-20(30)13-7-11(13)14-8-24(23-22-14)9-2-3-10-12(6-9)19(29)25(18(10)28)15-4-5-16(26)21-17(15)27/h2-3,6,8,11,13,15H,4-5,7H2,1H3,(H,21,26,27)/t11-,13+,15?/m0/s1. The van der Waals surface area contributed by atoms with Crippen molar-refractivity contribution in [2.75, 3.05) is 7.11 Å². The Hall–Kier alpha value is -3.89. The van der Waals surface area contributed by atoms with Crippen LogP contribution in [0.3, 0.4) is 0 Å². The maximum Gasteiger partial charge on any atom is 0.309 e. The number of nitrogens with zero attached hydrogens (tertiary/aromatic N) is 4.